The maximum absolute atomic E-state index is 12.1. The van der Waals surface area contributed by atoms with Crippen LogP contribution >= 0.6 is 0 Å². The highest BCUT2D eigenvalue weighted by Gasteiger charge is 2.17. The molecule has 0 aromatic heterocycles. The molecule has 2 rings (SSSR count). The number of carbonyl (C=O) groups is 2. The van der Waals surface area contributed by atoms with Crippen LogP contribution in [-0.2, 0) is 11.4 Å². The number of rotatable bonds is 4. The van der Waals surface area contributed by atoms with E-state index in [9.17, 15) is 9.59 Å². The van der Waals surface area contributed by atoms with Crippen molar-refractivity contribution in [1.82, 2.24) is 0 Å². The SMILES string of the molecule is Cc1ccc(C(=O)C(=O)Nc2cc(CO)ccc2C)cc1. The lowest BCUT2D eigenvalue weighted by Gasteiger charge is -2.09. The van der Waals surface area contributed by atoms with Gasteiger partial charge in [0.25, 0.3) is 11.7 Å². The van der Waals surface area contributed by atoms with E-state index in [1.165, 1.54) is 0 Å². The first kappa shape index (κ1) is 14.9. The predicted octanol–water partition coefficient (Wildman–Crippen LogP) is 2.62. The van der Waals surface area contributed by atoms with Gasteiger partial charge in [0, 0.05) is 11.3 Å². The summed E-state index contributed by atoms with van der Waals surface area (Å²) in [4.78, 5) is 24.1. The van der Waals surface area contributed by atoms with Gasteiger partial charge in [-0.1, -0.05) is 42.0 Å². The Morgan fingerprint density at radius 1 is 1.05 bits per heavy atom. The van der Waals surface area contributed by atoms with Gasteiger partial charge >= 0.3 is 0 Å². The van der Waals surface area contributed by atoms with Crippen molar-refractivity contribution in [2.24, 2.45) is 0 Å². The average molecular weight is 283 g/mol. The van der Waals surface area contributed by atoms with Crippen molar-refractivity contribution in [1.29, 1.82) is 0 Å². The summed E-state index contributed by atoms with van der Waals surface area (Å²) in [7, 11) is 0. The van der Waals surface area contributed by atoms with Crippen LogP contribution in [0.2, 0.25) is 0 Å². The minimum atomic E-state index is -0.683. The number of benzene rings is 2. The van der Waals surface area contributed by atoms with Gasteiger partial charge in [-0.3, -0.25) is 9.59 Å². The number of ketones is 1. The third-order valence-corrected chi connectivity index (χ3v) is 3.25. The second-order valence-electron chi connectivity index (χ2n) is 4.96. The third-order valence-electron chi connectivity index (χ3n) is 3.25. The smallest absolute Gasteiger partial charge is 0.296 e. The summed E-state index contributed by atoms with van der Waals surface area (Å²) in [6.45, 7) is 3.63. The van der Waals surface area contributed by atoms with Gasteiger partial charge < -0.3 is 10.4 Å². The fraction of sp³-hybridized carbons (Fsp3) is 0.176. The molecule has 0 radical (unpaired) electrons. The summed E-state index contributed by atoms with van der Waals surface area (Å²) >= 11 is 0. The van der Waals surface area contributed by atoms with E-state index in [2.05, 4.69) is 5.32 Å². The minimum Gasteiger partial charge on any atom is -0.392 e. The zero-order chi connectivity index (χ0) is 15.4. The number of hydrogen-bond donors (Lipinski definition) is 2. The number of carbonyl (C=O) groups excluding carboxylic acids is 2. The molecule has 0 saturated carbocycles. The lowest BCUT2D eigenvalue weighted by Crippen LogP contribution is -2.23. The Morgan fingerprint density at radius 2 is 1.71 bits per heavy atom. The van der Waals surface area contributed by atoms with Crippen molar-refractivity contribution in [3.63, 3.8) is 0 Å². The normalized spacial score (nSPS) is 10.2. The van der Waals surface area contributed by atoms with Gasteiger partial charge in [-0.25, -0.2) is 0 Å². The zero-order valence-electron chi connectivity index (χ0n) is 12.0. The van der Waals surface area contributed by atoms with Gasteiger partial charge in [0.15, 0.2) is 0 Å². The standard InChI is InChI=1S/C17H17NO3/c1-11-3-7-14(8-4-11)16(20)17(21)18-15-9-13(10-19)6-5-12(15)2/h3-9,19H,10H2,1-2H3,(H,18,21). The van der Waals surface area contributed by atoms with Gasteiger partial charge in [-0.15, -0.1) is 0 Å². The van der Waals surface area contributed by atoms with Crippen molar-refractivity contribution in [2.75, 3.05) is 5.32 Å². The summed E-state index contributed by atoms with van der Waals surface area (Å²) < 4.78 is 0. The molecule has 4 nitrogen and oxygen atoms in total. The molecule has 1 amide bonds. The van der Waals surface area contributed by atoms with Gasteiger partial charge in [0.2, 0.25) is 0 Å². The van der Waals surface area contributed by atoms with E-state index in [0.717, 1.165) is 11.1 Å². The number of Topliss-reactive ketones (excluding diaryl/α,β-unsaturated/α-hetero) is 1. The Morgan fingerprint density at radius 3 is 2.33 bits per heavy atom. The molecule has 0 aliphatic rings. The topological polar surface area (TPSA) is 66.4 Å². The molecule has 0 spiro atoms. The van der Waals surface area contributed by atoms with Crippen LogP contribution in [-0.4, -0.2) is 16.8 Å². The molecule has 0 atom stereocenters. The van der Waals surface area contributed by atoms with Crippen LogP contribution in [0.3, 0.4) is 0 Å². The maximum Gasteiger partial charge on any atom is 0.296 e. The number of aliphatic hydroxyl groups excluding tert-OH is 1. The van der Waals surface area contributed by atoms with Crippen molar-refractivity contribution in [3.8, 4) is 0 Å². The molecule has 0 aliphatic heterocycles. The van der Waals surface area contributed by atoms with E-state index in [1.54, 1.807) is 42.5 Å². The van der Waals surface area contributed by atoms with Crippen LogP contribution in [0.15, 0.2) is 42.5 Å². The van der Waals surface area contributed by atoms with E-state index in [4.69, 9.17) is 5.11 Å². The fourth-order valence-electron chi connectivity index (χ4n) is 1.92. The molecule has 2 aromatic rings. The highest BCUT2D eigenvalue weighted by Crippen LogP contribution is 2.17. The first-order valence-corrected chi connectivity index (χ1v) is 6.64. The molecule has 2 aromatic carbocycles. The first-order valence-electron chi connectivity index (χ1n) is 6.64. The van der Waals surface area contributed by atoms with Crippen LogP contribution in [0.4, 0.5) is 5.69 Å². The van der Waals surface area contributed by atoms with Crippen molar-refractivity contribution in [3.05, 3.63) is 64.7 Å². The van der Waals surface area contributed by atoms with Crippen LogP contribution in [0.25, 0.3) is 0 Å². The van der Waals surface area contributed by atoms with Gasteiger partial charge in [0.1, 0.15) is 0 Å². The Balaban J connectivity index is 2.17. The minimum absolute atomic E-state index is 0.116. The van der Waals surface area contributed by atoms with E-state index < -0.39 is 11.7 Å². The monoisotopic (exact) mass is 283 g/mol. The van der Waals surface area contributed by atoms with Gasteiger partial charge in [0.05, 0.1) is 6.61 Å². The molecule has 0 bridgehead atoms. The molecule has 4 heteroatoms. The molecule has 2 N–H and O–H groups in total. The number of aliphatic hydroxyl groups is 1. The average Bonchev–Trinajstić information content (AvgIpc) is 2.49. The highest BCUT2D eigenvalue weighted by atomic mass is 16.3. The Hall–Kier alpha value is -2.46. The molecule has 0 saturated heterocycles. The van der Waals surface area contributed by atoms with E-state index in [-0.39, 0.29) is 6.61 Å². The fourth-order valence-corrected chi connectivity index (χ4v) is 1.92. The predicted molar refractivity (Wildman–Crippen MR) is 81.2 cm³/mol. The highest BCUT2D eigenvalue weighted by molar-refractivity contribution is 6.46. The molecular formula is C17H17NO3. The van der Waals surface area contributed by atoms with Crippen molar-refractivity contribution < 1.29 is 14.7 Å². The Bertz CT molecular complexity index is 675. The van der Waals surface area contributed by atoms with Gasteiger partial charge in [-0.05, 0) is 31.0 Å². The van der Waals surface area contributed by atoms with Crippen LogP contribution in [0, 0.1) is 13.8 Å². The molecule has 0 aliphatic carbocycles. The molecular weight excluding hydrogens is 266 g/mol. The number of anilines is 1. The number of amides is 1. The number of nitrogens with one attached hydrogen (secondary N) is 1. The van der Waals surface area contributed by atoms with Crippen LogP contribution in [0.1, 0.15) is 27.0 Å². The summed E-state index contributed by atoms with van der Waals surface area (Å²) in [5, 5.41) is 11.7. The van der Waals surface area contributed by atoms with E-state index >= 15 is 0 Å². The molecule has 0 unspecified atom stereocenters. The molecule has 108 valence electrons. The van der Waals surface area contributed by atoms with Gasteiger partial charge in [-0.2, -0.15) is 0 Å². The van der Waals surface area contributed by atoms with Crippen molar-refractivity contribution >= 4 is 17.4 Å². The lowest BCUT2D eigenvalue weighted by atomic mass is 10.1. The molecule has 21 heavy (non-hydrogen) atoms. The number of hydrogen-bond acceptors (Lipinski definition) is 3. The Kier molecular flexibility index (Phi) is 4.50. The molecule has 0 heterocycles. The number of aryl methyl sites for hydroxylation is 2. The van der Waals surface area contributed by atoms with Crippen LogP contribution in [0.5, 0.6) is 0 Å². The Labute approximate surface area is 123 Å². The third kappa shape index (κ3) is 3.55. The molecule has 0 fully saturated rings. The largest absolute Gasteiger partial charge is 0.392 e. The first-order chi connectivity index (χ1) is 10.0. The van der Waals surface area contributed by atoms with E-state index in [1.807, 2.05) is 13.8 Å². The second-order valence-corrected chi connectivity index (χ2v) is 4.96. The quantitative estimate of drug-likeness (QED) is 0.669. The zero-order valence-corrected chi connectivity index (χ0v) is 12.0. The van der Waals surface area contributed by atoms with Crippen LogP contribution < -0.4 is 5.32 Å². The second kappa shape index (κ2) is 6.33. The van der Waals surface area contributed by atoms with Crippen molar-refractivity contribution in [2.45, 2.75) is 20.5 Å². The lowest BCUT2D eigenvalue weighted by molar-refractivity contribution is -0.112. The maximum atomic E-state index is 12.1. The summed E-state index contributed by atoms with van der Waals surface area (Å²) in [5.74, 6) is -1.26. The summed E-state index contributed by atoms with van der Waals surface area (Å²) in [6.07, 6.45) is 0. The summed E-state index contributed by atoms with van der Waals surface area (Å²) in [5.41, 5.74) is 3.43. The van der Waals surface area contributed by atoms with E-state index in [0.29, 0.717) is 16.8 Å². The summed E-state index contributed by atoms with van der Waals surface area (Å²) in [6, 6.07) is 12.1.